The third kappa shape index (κ3) is 4.42. The van der Waals surface area contributed by atoms with Gasteiger partial charge in [-0.3, -0.25) is 0 Å². The van der Waals surface area contributed by atoms with Crippen LogP contribution in [0.25, 0.3) is 6.08 Å². The molecule has 2 nitrogen and oxygen atoms in total. The summed E-state index contributed by atoms with van der Waals surface area (Å²) in [7, 11) is 0. The SMILES string of the molecule is OC(C=Cc1ccccc1)CCN1CCC2CCC(C2)C1. The zero-order valence-electron chi connectivity index (χ0n) is 12.8. The summed E-state index contributed by atoms with van der Waals surface area (Å²) in [5.74, 6) is 1.91. The van der Waals surface area contributed by atoms with Crippen molar-refractivity contribution in [3.05, 3.63) is 42.0 Å². The summed E-state index contributed by atoms with van der Waals surface area (Å²) < 4.78 is 0. The zero-order chi connectivity index (χ0) is 14.5. The molecule has 2 aliphatic rings. The molecule has 1 aromatic carbocycles. The molecule has 3 rings (SSSR count). The van der Waals surface area contributed by atoms with Crippen molar-refractivity contribution in [2.45, 2.75) is 38.2 Å². The van der Waals surface area contributed by atoms with Crippen molar-refractivity contribution < 1.29 is 5.11 Å². The number of hydrogen-bond acceptors (Lipinski definition) is 2. The van der Waals surface area contributed by atoms with Gasteiger partial charge < -0.3 is 10.0 Å². The van der Waals surface area contributed by atoms with Gasteiger partial charge in [0.15, 0.2) is 0 Å². The van der Waals surface area contributed by atoms with Crippen LogP contribution in [0.2, 0.25) is 0 Å². The minimum atomic E-state index is -0.328. The molecule has 1 saturated heterocycles. The van der Waals surface area contributed by atoms with Crippen LogP contribution in [0.4, 0.5) is 0 Å². The van der Waals surface area contributed by atoms with E-state index in [1.807, 2.05) is 30.4 Å². The summed E-state index contributed by atoms with van der Waals surface area (Å²) >= 11 is 0. The second-order valence-electron chi connectivity index (χ2n) is 6.76. The molecule has 2 bridgehead atoms. The average Bonchev–Trinajstić information content (AvgIpc) is 2.85. The molecule has 2 fully saturated rings. The van der Waals surface area contributed by atoms with E-state index in [0.29, 0.717) is 0 Å². The number of hydrogen-bond donors (Lipinski definition) is 1. The van der Waals surface area contributed by atoms with Crippen LogP contribution in [0, 0.1) is 11.8 Å². The Kier molecular flexibility index (Phi) is 5.10. The number of aliphatic hydroxyl groups excluding tert-OH is 1. The summed E-state index contributed by atoms with van der Waals surface area (Å²) in [4.78, 5) is 2.57. The van der Waals surface area contributed by atoms with E-state index >= 15 is 0 Å². The molecule has 21 heavy (non-hydrogen) atoms. The topological polar surface area (TPSA) is 23.5 Å². The molecular weight excluding hydrogens is 258 g/mol. The van der Waals surface area contributed by atoms with Gasteiger partial charge in [0.25, 0.3) is 0 Å². The van der Waals surface area contributed by atoms with Gasteiger partial charge in [-0.05, 0) is 49.6 Å². The molecule has 2 heteroatoms. The average molecular weight is 285 g/mol. The minimum Gasteiger partial charge on any atom is -0.389 e. The molecule has 3 unspecified atom stereocenters. The van der Waals surface area contributed by atoms with Gasteiger partial charge in [0, 0.05) is 13.1 Å². The van der Waals surface area contributed by atoms with E-state index in [4.69, 9.17) is 0 Å². The highest BCUT2D eigenvalue weighted by Gasteiger charge is 2.29. The van der Waals surface area contributed by atoms with Crippen LogP contribution in [-0.2, 0) is 0 Å². The first-order valence-electron chi connectivity index (χ1n) is 8.43. The van der Waals surface area contributed by atoms with Crippen molar-refractivity contribution in [2.75, 3.05) is 19.6 Å². The lowest BCUT2D eigenvalue weighted by Gasteiger charge is -2.25. The Labute approximate surface area is 128 Å². The molecule has 1 saturated carbocycles. The highest BCUT2D eigenvalue weighted by Crippen LogP contribution is 2.36. The third-order valence-electron chi connectivity index (χ3n) is 5.07. The molecule has 0 spiro atoms. The van der Waals surface area contributed by atoms with Crippen molar-refractivity contribution in [3.63, 3.8) is 0 Å². The lowest BCUT2D eigenvalue weighted by Crippen LogP contribution is -2.31. The van der Waals surface area contributed by atoms with Gasteiger partial charge in [-0.25, -0.2) is 0 Å². The van der Waals surface area contributed by atoms with Crippen LogP contribution in [0.1, 0.15) is 37.7 Å². The fourth-order valence-corrected chi connectivity index (χ4v) is 3.83. The first-order valence-corrected chi connectivity index (χ1v) is 8.43. The number of aliphatic hydroxyl groups is 1. The quantitative estimate of drug-likeness (QED) is 0.894. The third-order valence-corrected chi connectivity index (χ3v) is 5.07. The van der Waals surface area contributed by atoms with Gasteiger partial charge in [0.1, 0.15) is 0 Å². The lowest BCUT2D eigenvalue weighted by molar-refractivity contribution is 0.168. The van der Waals surface area contributed by atoms with Crippen molar-refractivity contribution >= 4 is 6.08 Å². The number of rotatable bonds is 5. The summed E-state index contributed by atoms with van der Waals surface area (Å²) in [5, 5.41) is 10.1. The van der Waals surface area contributed by atoms with Gasteiger partial charge in [0.05, 0.1) is 6.10 Å². The molecule has 1 aliphatic heterocycles. The molecular formula is C19H27NO. The van der Waals surface area contributed by atoms with Gasteiger partial charge in [-0.15, -0.1) is 0 Å². The fourth-order valence-electron chi connectivity index (χ4n) is 3.83. The largest absolute Gasteiger partial charge is 0.389 e. The van der Waals surface area contributed by atoms with Gasteiger partial charge in [0.2, 0.25) is 0 Å². The van der Waals surface area contributed by atoms with Crippen molar-refractivity contribution in [2.24, 2.45) is 11.8 Å². The molecule has 0 radical (unpaired) electrons. The van der Waals surface area contributed by atoms with E-state index in [9.17, 15) is 5.11 Å². The summed E-state index contributed by atoms with van der Waals surface area (Å²) in [5.41, 5.74) is 1.16. The maximum Gasteiger partial charge on any atom is 0.0736 e. The fraction of sp³-hybridized carbons (Fsp3) is 0.579. The van der Waals surface area contributed by atoms with E-state index in [1.165, 1.54) is 38.8 Å². The molecule has 114 valence electrons. The van der Waals surface area contributed by atoms with Crippen LogP contribution in [0.15, 0.2) is 36.4 Å². The van der Waals surface area contributed by atoms with Crippen LogP contribution in [-0.4, -0.2) is 35.7 Å². The van der Waals surface area contributed by atoms with E-state index in [1.54, 1.807) is 0 Å². The van der Waals surface area contributed by atoms with Crippen LogP contribution in [0.3, 0.4) is 0 Å². The Morgan fingerprint density at radius 3 is 2.81 bits per heavy atom. The van der Waals surface area contributed by atoms with Crippen molar-refractivity contribution in [1.82, 2.24) is 4.90 Å². The first-order chi connectivity index (χ1) is 10.3. The molecule has 1 heterocycles. The monoisotopic (exact) mass is 285 g/mol. The van der Waals surface area contributed by atoms with Crippen molar-refractivity contribution in [1.29, 1.82) is 0 Å². The Balaban J connectivity index is 1.43. The van der Waals surface area contributed by atoms with Crippen molar-refractivity contribution in [3.8, 4) is 0 Å². The van der Waals surface area contributed by atoms with E-state index in [-0.39, 0.29) is 6.10 Å². The smallest absolute Gasteiger partial charge is 0.0736 e. The van der Waals surface area contributed by atoms with Gasteiger partial charge >= 0.3 is 0 Å². The molecule has 1 N–H and O–H groups in total. The Morgan fingerprint density at radius 1 is 1.14 bits per heavy atom. The molecule has 0 aromatic heterocycles. The number of fused-ring (bicyclic) bond motifs is 2. The van der Waals surface area contributed by atoms with Crippen LogP contribution in [0.5, 0.6) is 0 Å². The second-order valence-corrected chi connectivity index (χ2v) is 6.76. The first kappa shape index (κ1) is 14.8. The maximum atomic E-state index is 10.1. The van der Waals surface area contributed by atoms with Gasteiger partial charge in [-0.1, -0.05) is 48.9 Å². The Morgan fingerprint density at radius 2 is 1.95 bits per heavy atom. The number of benzene rings is 1. The van der Waals surface area contributed by atoms with E-state index in [0.717, 1.165) is 30.4 Å². The van der Waals surface area contributed by atoms with Gasteiger partial charge in [-0.2, -0.15) is 0 Å². The summed E-state index contributed by atoms with van der Waals surface area (Å²) in [6.45, 7) is 3.52. The summed E-state index contributed by atoms with van der Waals surface area (Å²) in [6.07, 6.45) is 10.2. The highest BCUT2D eigenvalue weighted by molar-refractivity contribution is 5.49. The second kappa shape index (κ2) is 7.24. The molecule has 1 aromatic rings. The molecule has 0 amide bonds. The van der Waals surface area contributed by atoms with E-state index in [2.05, 4.69) is 17.0 Å². The minimum absolute atomic E-state index is 0.328. The lowest BCUT2D eigenvalue weighted by atomic mass is 10.0. The molecule has 1 aliphatic carbocycles. The Bertz CT molecular complexity index is 456. The molecule has 3 atom stereocenters. The number of likely N-dealkylation sites (tertiary alicyclic amines) is 1. The predicted molar refractivity (Wildman–Crippen MR) is 88.0 cm³/mol. The Hall–Kier alpha value is -1.12. The van der Waals surface area contributed by atoms with Crippen LogP contribution >= 0.6 is 0 Å². The summed E-state index contributed by atoms with van der Waals surface area (Å²) in [6, 6.07) is 10.2. The van der Waals surface area contributed by atoms with E-state index < -0.39 is 0 Å². The number of nitrogens with zero attached hydrogens (tertiary/aromatic N) is 1. The highest BCUT2D eigenvalue weighted by atomic mass is 16.3. The predicted octanol–water partition coefficient (Wildman–Crippen LogP) is 3.57. The maximum absolute atomic E-state index is 10.1. The zero-order valence-corrected chi connectivity index (χ0v) is 12.8. The normalized spacial score (nSPS) is 27.9. The standard InChI is InChI=1S/C19H27NO/c21-19(9-8-16-4-2-1-3-5-16)11-13-20-12-10-17-6-7-18(14-17)15-20/h1-5,8-9,17-19,21H,6-7,10-15H2. The van der Waals surface area contributed by atoms with Crippen LogP contribution < -0.4 is 0 Å².